The third-order valence-electron chi connectivity index (χ3n) is 2.14. The minimum absolute atomic E-state index is 0. The maximum absolute atomic E-state index is 10.4. The van der Waals surface area contributed by atoms with E-state index in [-0.39, 0.29) is 33.0 Å². The van der Waals surface area contributed by atoms with Gasteiger partial charge >= 0.3 is 19.9 Å². The molecule has 11 heteroatoms. The molecule has 0 bridgehead atoms. The summed E-state index contributed by atoms with van der Waals surface area (Å²) >= 11 is 0. The van der Waals surface area contributed by atoms with E-state index in [1.54, 1.807) is 0 Å². The van der Waals surface area contributed by atoms with Gasteiger partial charge in [-0.2, -0.15) is 0 Å². The largest absolute Gasteiger partial charge is 2.00 e. The molecule has 0 aromatic rings. The number of carbonyl (C=O) groups is 4. The van der Waals surface area contributed by atoms with Gasteiger partial charge in [0.1, 0.15) is 0 Å². The van der Waals surface area contributed by atoms with Gasteiger partial charge < -0.3 is 39.6 Å². The second-order valence-electron chi connectivity index (χ2n) is 3.91. The van der Waals surface area contributed by atoms with Crippen LogP contribution in [0.2, 0.25) is 0 Å². The predicted octanol–water partition coefficient (Wildman–Crippen LogP) is -7.19. The van der Waals surface area contributed by atoms with E-state index < -0.39 is 50.1 Å². The first-order valence-corrected chi connectivity index (χ1v) is 5.44. The first-order valence-electron chi connectivity index (χ1n) is 5.44. The van der Waals surface area contributed by atoms with Gasteiger partial charge in [-0.15, -0.1) is 0 Å². The van der Waals surface area contributed by atoms with Crippen LogP contribution in [-0.4, -0.2) is 72.9 Å². The normalized spacial score (nSPS) is 10.2. The molecule has 0 heterocycles. The van der Waals surface area contributed by atoms with Gasteiger partial charge in [0.2, 0.25) is 0 Å². The van der Waals surface area contributed by atoms with Crippen molar-refractivity contribution in [2.24, 2.45) is 0 Å². The molecule has 21 heavy (non-hydrogen) atoms. The molecule has 0 spiro atoms. The van der Waals surface area contributed by atoms with Gasteiger partial charge in [0, 0.05) is 39.3 Å². The average molecular weight is 354 g/mol. The van der Waals surface area contributed by atoms with Crippen LogP contribution >= 0.6 is 0 Å². The summed E-state index contributed by atoms with van der Waals surface area (Å²) in [6.45, 7) is -3.25. The minimum atomic E-state index is -1.53. The Morgan fingerprint density at radius 1 is 0.619 bits per heavy atom. The fourth-order valence-corrected chi connectivity index (χ4v) is 1.44. The van der Waals surface area contributed by atoms with Crippen LogP contribution < -0.4 is 20.4 Å². The average Bonchev–Trinajstić information content (AvgIpc) is 2.22. The van der Waals surface area contributed by atoms with E-state index in [0.29, 0.717) is 0 Å². The summed E-state index contributed by atoms with van der Waals surface area (Å²) in [5.74, 6) is -6.12. The van der Waals surface area contributed by atoms with Crippen molar-refractivity contribution < 1.29 is 59.5 Å². The molecule has 0 aliphatic rings. The van der Waals surface area contributed by atoms with Crippen molar-refractivity contribution in [1.29, 1.82) is 0 Å². The molecule has 0 aromatic heterocycles. The van der Waals surface area contributed by atoms with Crippen molar-refractivity contribution in [2.75, 3.05) is 39.3 Å². The van der Waals surface area contributed by atoms with Crippen molar-refractivity contribution in [3.8, 4) is 0 Å². The molecule has 0 atom stereocenters. The summed E-state index contributed by atoms with van der Waals surface area (Å²) in [4.78, 5) is 43.4. The van der Waals surface area contributed by atoms with Gasteiger partial charge in [0.05, 0.1) is 23.9 Å². The summed E-state index contributed by atoms with van der Waals surface area (Å²) in [6.07, 6.45) is 0. The topological polar surface area (TPSA) is 167 Å². The monoisotopic (exact) mass is 353 g/mol. The Balaban J connectivity index is -0.000000602. The zero-order valence-electron chi connectivity index (χ0n) is 12.7. The molecule has 0 unspecified atom stereocenters. The molecule has 10 nitrogen and oxygen atoms in total. The number of carbonyl (C=O) groups excluding carboxylic acids is 4. The Morgan fingerprint density at radius 3 is 0.952 bits per heavy atom. The molecule has 0 fully saturated rings. The fourth-order valence-electron chi connectivity index (χ4n) is 1.44. The standard InChI is InChI=1S/C10H16N2O8.Cu/c13-7(14)3-11(4-8(15)16)1-2-12(5-9(17)18)6-10(19)20;/h1-6H2,(H,13,14)(H,15,16)(H,17,18)(H,19,20);/q;+2/p-2. The van der Waals surface area contributed by atoms with Crippen LogP contribution in [0.5, 0.6) is 0 Å². The summed E-state index contributed by atoms with van der Waals surface area (Å²) in [5, 5.41) is 41.6. The molecule has 0 aliphatic heterocycles. The van der Waals surface area contributed by atoms with E-state index in [0.717, 1.165) is 9.80 Å². The van der Waals surface area contributed by atoms with Crippen LogP contribution in [0.3, 0.4) is 0 Å². The summed E-state index contributed by atoms with van der Waals surface area (Å²) in [6, 6.07) is 0. The first-order chi connectivity index (χ1) is 9.20. The Morgan fingerprint density at radius 2 is 0.810 bits per heavy atom. The molecule has 0 aromatic carbocycles. The van der Waals surface area contributed by atoms with Gasteiger partial charge in [0.25, 0.3) is 0 Å². The van der Waals surface area contributed by atoms with Crippen LogP contribution in [0, 0.1) is 0 Å². The molecule has 0 rings (SSSR count). The SMILES string of the molecule is O=C([O-])CN(CCN(CC(=O)[O-])CC(=O)[O-])CC(=O)[O-].[Cu+2].[H+].[H+]. The molecule has 1 radical (unpaired) electrons. The Bertz CT molecular complexity index is 331. The van der Waals surface area contributed by atoms with Crippen LogP contribution in [0.25, 0.3) is 0 Å². The third kappa shape index (κ3) is 13.1. The van der Waals surface area contributed by atoms with Crippen molar-refractivity contribution in [3.63, 3.8) is 0 Å². The molecular weight excluding hydrogens is 340 g/mol. The summed E-state index contributed by atoms with van der Waals surface area (Å²) in [7, 11) is 0. The van der Waals surface area contributed by atoms with E-state index in [9.17, 15) is 39.6 Å². The molecule has 0 aliphatic carbocycles. The van der Waals surface area contributed by atoms with E-state index in [1.807, 2.05) is 0 Å². The smallest absolute Gasteiger partial charge is 0.549 e. The van der Waals surface area contributed by atoms with Gasteiger partial charge in [-0.3, -0.25) is 9.80 Å². The van der Waals surface area contributed by atoms with E-state index in [4.69, 9.17) is 0 Å². The van der Waals surface area contributed by atoms with Gasteiger partial charge in [-0.1, -0.05) is 0 Å². The maximum Gasteiger partial charge on any atom is 2.00 e. The van der Waals surface area contributed by atoms with Gasteiger partial charge in [-0.25, -0.2) is 0 Å². The van der Waals surface area contributed by atoms with Gasteiger partial charge in [0.15, 0.2) is 0 Å². The zero-order chi connectivity index (χ0) is 15.7. The number of carboxylic acids is 4. The molecule has 123 valence electrons. The van der Waals surface area contributed by atoms with Crippen LogP contribution in [0.15, 0.2) is 0 Å². The van der Waals surface area contributed by atoms with E-state index in [1.165, 1.54) is 0 Å². The molecule has 0 N–H and O–H groups in total. The number of rotatable bonds is 11. The van der Waals surface area contributed by atoms with Crippen molar-refractivity contribution in [1.82, 2.24) is 9.80 Å². The Hall–Kier alpha value is -1.68. The first kappa shape index (κ1) is 21.6. The second kappa shape index (κ2) is 11.0. The molecule has 0 amide bonds. The Labute approximate surface area is 133 Å². The second-order valence-corrected chi connectivity index (χ2v) is 3.91. The van der Waals surface area contributed by atoms with Crippen LogP contribution in [-0.2, 0) is 36.2 Å². The number of hydrogen-bond acceptors (Lipinski definition) is 10. The number of hydrogen-bond donors (Lipinski definition) is 0. The Kier molecular flexibility index (Phi) is 11.4. The number of aliphatic carboxylic acids is 4. The van der Waals surface area contributed by atoms with Crippen LogP contribution in [0.1, 0.15) is 2.85 Å². The predicted molar refractivity (Wildman–Crippen MR) is 55.1 cm³/mol. The van der Waals surface area contributed by atoms with Crippen molar-refractivity contribution in [3.05, 3.63) is 0 Å². The third-order valence-corrected chi connectivity index (χ3v) is 2.14. The molecular formula is C10H14CuN2O8. The molecule has 0 saturated heterocycles. The number of carboxylic acid groups (broad SMARTS) is 4. The summed E-state index contributed by atoms with van der Waals surface area (Å²) < 4.78 is 0. The van der Waals surface area contributed by atoms with Crippen molar-refractivity contribution in [2.45, 2.75) is 0 Å². The van der Waals surface area contributed by atoms with Crippen molar-refractivity contribution >= 4 is 23.9 Å². The van der Waals surface area contributed by atoms with E-state index in [2.05, 4.69) is 0 Å². The number of nitrogens with zero attached hydrogens (tertiary/aromatic N) is 2. The summed E-state index contributed by atoms with van der Waals surface area (Å²) in [5.41, 5.74) is 0. The maximum atomic E-state index is 10.4. The quantitative estimate of drug-likeness (QED) is 0.325. The van der Waals surface area contributed by atoms with Gasteiger partial charge in [-0.05, 0) is 0 Å². The molecule has 0 saturated carbocycles. The van der Waals surface area contributed by atoms with Crippen LogP contribution in [0.4, 0.5) is 0 Å². The minimum Gasteiger partial charge on any atom is -0.549 e. The fraction of sp³-hybridized carbons (Fsp3) is 0.600. The zero-order valence-corrected chi connectivity index (χ0v) is 11.6. The van der Waals surface area contributed by atoms with E-state index >= 15 is 0 Å².